The summed E-state index contributed by atoms with van der Waals surface area (Å²) in [6.45, 7) is 11.0. The molecule has 0 fully saturated rings. The van der Waals surface area contributed by atoms with E-state index in [4.69, 9.17) is 0 Å². The van der Waals surface area contributed by atoms with Gasteiger partial charge in [0.25, 0.3) is 0 Å². The molecule has 0 aliphatic rings. The van der Waals surface area contributed by atoms with Crippen LogP contribution in [0.25, 0.3) is 11.3 Å². The number of nitrogens with zero attached hydrogens (tertiary/aromatic N) is 2. The third kappa shape index (κ3) is 2.50. The minimum absolute atomic E-state index is 0.142. The zero-order chi connectivity index (χ0) is 14.2. The fraction of sp³-hybridized carbons (Fsp3) is 0.438. The van der Waals surface area contributed by atoms with E-state index in [1.165, 1.54) is 5.56 Å². The fourth-order valence-corrected chi connectivity index (χ4v) is 2.36. The van der Waals surface area contributed by atoms with E-state index in [1.807, 2.05) is 19.1 Å². The summed E-state index contributed by atoms with van der Waals surface area (Å²) in [5.41, 5.74) is 3.92. The molecule has 0 atom stereocenters. The van der Waals surface area contributed by atoms with Gasteiger partial charge in [-0.25, -0.2) is 4.68 Å². The maximum absolute atomic E-state index is 10.4. The molecule has 0 saturated carbocycles. The standard InChI is InChI=1S/C16H22N2O/c1-6-18-15(19)13(16(3,4)5)14(17-18)12-9-7-8-11(2)10-12/h7-10,19H,6H2,1-5H3. The van der Waals surface area contributed by atoms with Crippen LogP contribution in [0.1, 0.15) is 38.8 Å². The Morgan fingerprint density at radius 3 is 2.47 bits per heavy atom. The summed E-state index contributed by atoms with van der Waals surface area (Å²) < 4.78 is 1.66. The molecule has 0 radical (unpaired) electrons. The Morgan fingerprint density at radius 2 is 1.95 bits per heavy atom. The maximum Gasteiger partial charge on any atom is 0.213 e. The monoisotopic (exact) mass is 258 g/mol. The molecular formula is C16H22N2O. The highest BCUT2D eigenvalue weighted by atomic mass is 16.3. The Balaban J connectivity index is 2.69. The van der Waals surface area contributed by atoms with Gasteiger partial charge in [-0.3, -0.25) is 0 Å². The van der Waals surface area contributed by atoms with Gasteiger partial charge in [-0.2, -0.15) is 5.10 Å². The largest absolute Gasteiger partial charge is 0.493 e. The average Bonchev–Trinajstić information content (AvgIpc) is 2.66. The minimum atomic E-state index is -0.142. The SMILES string of the molecule is CCn1nc(-c2cccc(C)c2)c(C(C)(C)C)c1O. The van der Waals surface area contributed by atoms with Crippen molar-refractivity contribution in [3.8, 4) is 17.1 Å². The molecule has 0 spiro atoms. The van der Waals surface area contributed by atoms with Crippen LogP contribution in [0.4, 0.5) is 0 Å². The minimum Gasteiger partial charge on any atom is -0.493 e. The smallest absolute Gasteiger partial charge is 0.213 e. The van der Waals surface area contributed by atoms with Crippen LogP contribution in [0.15, 0.2) is 24.3 Å². The van der Waals surface area contributed by atoms with Crippen LogP contribution in [0, 0.1) is 6.92 Å². The lowest BCUT2D eigenvalue weighted by Gasteiger charge is -2.19. The molecule has 0 aliphatic heterocycles. The van der Waals surface area contributed by atoms with Crippen molar-refractivity contribution < 1.29 is 5.11 Å². The lowest BCUT2D eigenvalue weighted by molar-refractivity contribution is 0.389. The molecule has 0 saturated heterocycles. The van der Waals surface area contributed by atoms with E-state index in [9.17, 15) is 5.11 Å². The quantitative estimate of drug-likeness (QED) is 0.887. The van der Waals surface area contributed by atoms with Gasteiger partial charge in [-0.1, -0.05) is 44.5 Å². The molecule has 1 heterocycles. The second kappa shape index (κ2) is 4.72. The fourth-order valence-electron chi connectivity index (χ4n) is 2.36. The van der Waals surface area contributed by atoms with Gasteiger partial charge in [0.05, 0.1) is 5.69 Å². The molecule has 0 amide bonds. The van der Waals surface area contributed by atoms with Crippen molar-refractivity contribution in [1.82, 2.24) is 9.78 Å². The highest BCUT2D eigenvalue weighted by Gasteiger charge is 2.28. The number of aryl methyl sites for hydroxylation is 2. The Morgan fingerprint density at radius 1 is 1.26 bits per heavy atom. The van der Waals surface area contributed by atoms with Gasteiger partial charge in [0.2, 0.25) is 5.88 Å². The molecule has 1 N–H and O–H groups in total. The zero-order valence-corrected chi connectivity index (χ0v) is 12.4. The second-order valence-electron chi connectivity index (χ2n) is 5.98. The Kier molecular flexibility index (Phi) is 3.40. The zero-order valence-electron chi connectivity index (χ0n) is 12.4. The number of rotatable bonds is 2. The van der Waals surface area contributed by atoms with E-state index in [2.05, 4.69) is 44.9 Å². The number of hydrogen-bond acceptors (Lipinski definition) is 2. The van der Waals surface area contributed by atoms with Crippen LogP contribution in [0.5, 0.6) is 5.88 Å². The summed E-state index contributed by atoms with van der Waals surface area (Å²) in [7, 11) is 0. The van der Waals surface area contributed by atoms with Gasteiger partial charge < -0.3 is 5.11 Å². The van der Waals surface area contributed by atoms with E-state index in [0.29, 0.717) is 6.54 Å². The molecule has 0 unspecified atom stereocenters. The van der Waals surface area contributed by atoms with Crippen LogP contribution in [0.3, 0.4) is 0 Å². The average molecular weight is 258 g/mol. The molecule has 0 bridgehead atoms. The molecule has 2 aromatic rings. The molecule has 3 nitrogen and oxygen atoms in total. The summed E-state index contributed by atoms with van der Waals surface area (Å²) in [5.74, 6) is 0.284. The third-order valence-corrected chi connectivity index (χ3v) is 3.27. The van der Waals surface area contributed by atoms with Crippen LogP contribution in [-0.2, 0) is 12.0 Å². The van der Waals surface area contributed by atoms with Crippen molar-refractivity contribution >= 4 is 0 Å². The summed E-state index contributed by atoms with van der Waals surface area (Å²) in [5, 5.41) is 14.9. The van der Waals surface area contributed by atoms with Gasteiger partial charge in [-0.15, -0.1) is 0 Å². The van der Waals surface area contributed by atoms with E-state index < -0.39 is 0 Å². The molecule has 102 valence electrons. The van der Waals surface area contributed by atoms with E-state index in [-0.39, 0.29) is 11.3 Å². The summed E-state index contributed by atoms with van der Waals surface area (Å²) in [6, 6.07) is 8.25. The number of hydrogen-bond donors (Lipinski definition) is 1. The van der Waals surface area contributed by atoms with Crippen molar-refractivity contribution in [3.63, 3.8) is 0 Å². The van der Waals surface area contributed by atoms with Crippen molar-refractivity contribution in [2.75, 3.05) is 0 Å². The van der Waals surface area contributed by atoms with Crippen molar-refractivity contribution in [1.29, 1.82) is 0 Å². The van der Waals surface area contributed by atoms with Gasteiger partial charge in [-0.05, 0) is 25.3 Å². The van der Waals surface area contributed by atoms with Crippen LogP contribution in [0.2, 0.25) is 0 Å². The van der Waals surface area contributed by atoms with Crippen molar-refractivity contribution in [2.24, 2.45) is 0 Å². The van der Waals surface area contributed by atoms with Crippen LogP contribution >= 0.6 is 0 Å². The highest BCUT2D eigenvalue weighted by molar-refractivity contribution is 5.67. The van der Waals surface area contributed by atoms with Crippen molar-refractivity contribution in [3.05, 3.63) is 35.4 Å². The lowest BCUT2D eigenvalue weighted by atomic mass is 9.85. The Labute approximate surface area is 114 Å². The Bertz CT molecular complexity index is 591. The number of aromatic nitrogens is 2. The van der Waals surface area contributed by atoms with Gasteiger partial charge in [0.15, 0.2) is 0 Å². The van der Waals surface area contributed by atoms with Crippen molar-refractivity contribution in [2.45, 2.75) is 46.6 Å². The third-order valence-electron chi connectivity index (χ3n) is 3.27. The molecule has 3 heteroatoms. The van der Waals surface area contributed by atoms with Gasteiger partial charge in [0.1, 0.15) is 0 Å². The maximum atomic E-state index is 10.4. The van der Waals surface area contributed by atoms with Gasteiger partial charge in [0, 0.05) is 17.7 Å². The summed E-state index contributed by atoms with van der Waals surface area (Å²) >= 11 is 0. The summed E-state index contributed by atoms with van der Waals surface area (Å²) in [6.07, 6.45) is 0. The lowest BCUT2D eigenvalue weighted by Crippen LogP contribution is -2.12. The molecule has 0 aliphatic carbocycles. The van der Waals surface area contributed by atoms with E-state index in [0.717, 1.165) is 16.8 Å². The first-order valence-electron chi connectivity index (χ1n) is 6.72. The van der Waals surface area contributed by atoms with E-state index in [1.54, 1.807) is 4.68 Å². The first kappa shape index (κ1) is 13.7. The first-order chi connectivity index (χ1) is 8.84. The molecule has 1 aromatic heterocycles. The molecule has 1 aromatic carbocycles. The van der Waals surface area contributed by atoms with Gasteiger partial charge >= 0.3 is 0 Å². The first-order valence-corrected chi connectivity index (χ1v) is 6.72. The highest BCUT2D eigenvalue weighted by Crippen LogP contribution is 2.38. The normalized spacial score (nSPS) is 11.8. The molecule has 2 rings (SSSR count). The predicted octanol–water partition coefficient (Wildman–Crippen LogP) is 3.88. The van der Waals surface area contributed by atoms with Crippen LogP contribution in [-0.4, -0.2) is 14.9 Å². The predicted molar refractivity (Wildman–Crippen MR) is 78.4 cm³/mol. The molecular weight excluding hydrogens is 236 g/mol. The second-order valence-corrected chi connectivity index (χ2v) is 5.98. The Hall–Kier alpha value is -1.77. The summed E-state index contributed by atoms with van der Waals surface area (Å²) in [4.78, 5) is 0. The topological polar surface area (TPSA) is 38.0 Å². The number of aromatic hydroxyl groups is 1. The molecule has 19 heavy (non-hydrogen) atoms. The number of benzene rings is 1. The van der Waals surface area contributed by atoms with E-state index >= 15 is 0 Å². The van der Waals surface area contributed by atoms with Crippen LogP contribution < -0.4 is 0 Å².